The van der Waals surface area contributed by atoms with Crippen LogP contribution in [0.25, 0.3) is 0 Å². The Bertz CT molecular complexity index is 579. The van der Waals surface area contributed by atoms with E-state index in [0.717, 1.165) is 22.4 Å². The predicted molar refractivity (Wildman–Crippen MR) is 76.6 cm³/mol. The van der Waals surface area contributed by atoms with Gasteiger partial charge in [-0.2, -0.15) is 5.10 Å². The minimum atomic E-state index is -0.153. The number of hydrogen-bond acceptors (Lipinski definition) is 3. The quantitative estimate of drug-likeness (QED) is 0.878. The van der Waals surface area contributed by atoms with Gasteiger partial charge < -0.3 is 10.1 Å². The molecule has 1 amide bonds. The van der Waals surface area contributed by atoms with Crippen LogP contribution < -0.4 is 10.1 Å². The van der Waals surface area contributed by atoms with Gasteiger partial charge in [0.25, 0.3) is 5.91 Å². The van der Waals surface area contributed by atoms with Crippen LogP contribution >= 0.6 is 0 Å². The van der Waals surface area contributed by atoms with Gasteiger partial charge in [-0.25, -0.2) is 0 Å². The highest BCUT2D eigenvalue weighted by Gasteiger charge is 2.11. The Morgan fingerprint density at radius 1 is 1.45 bits per heavy atom. The summed E-state index contributed by atoms with van der Waals surface area (Å²) in [7, 11) is 0. The molecule has 1 heterocycles. The zero-order chi connectivity index (χ0) is 14.5. The highest BCUT2D eigenvalue weighted by Crippen LogP contribution is 2.19. The summed E-state index contributed by atoms with van der Waals surface area (Å²) in [6.45, 7) is 5.86. The second kappa shape index (κ2) is 6.23. The number of aryl methyl sites for hydroxylation is 2. The van der Waals surface area contributed by atoms with E-state index in [0.29, 0.717) is 0 Å². The third-order valence-corrected chi connectivity index (χ3v) is 3.10. The molecule has 2 N–H and O–H groups in total. The maximum atomic E-state index is 11.9. The number of aromatic amines is 1. The number of rotatable bonds is 5. The maximum Gasteiger partial charge on any atom is 0.258 e. The van der Waals surface area contributed by atoms with Crippen molar-refractivity contribution in [2.45, 2.75) is 26.8 Å². The van der Waals surface area contributed by atoms with Gasteiger partial charge in [-0.15, -0.1) is 0 Å². The van der Waals surface area contributed by atoms with E-state index in [1.807, 2.05) is 39.0 Å². The smallest absolute Gasteiger partial charge is 0.258 e. The fourth-order valence-corrected chi connectivity index (χ4v) is 1.87. The molecule has 0 aliphatic heterocycles. The first-order valence-corrected chi connectivity index (χ1v) is 6.54. The molecule has 0 spiro atoms. The average Bonchev–Trinajstić information content (AvgIpc) is 2.94. The number of nitrogens with zero attached hydrogens (tertiary/aromatic N) is 1. The van der Waals surface area contributed by atoms with E-state index >= 15 is 0 Å². The monoisotopic (exact) mass is 273 g/mol. The summed E-state index contributed by atoms with van der Waals surface area (Å²) >= 11 is 0. The van der Waals surface area contributed by atoms with E-state index in [-0.39, 0.29) is 18.6 Å². The Morgan fingerprint density at radius 3 is 2.95 bits per heavy atom. The molecule has 2 rings (SSSR count). The number of carbonyl (C=O) groups is 1. The van der Waals surface area contributed by atoms with Crippen molar-refractivity contribution < 1.29 is 9.53 Å². The molecule has 0 saturated carbocycles. The van der Waals surface area contributed by atoms with Crippen molar-refractivity contribution in [1.29, 1.82) is 0 Å². The molecule has 0 fully saturated rings. The normalized spacial score (nSPS) is 11.9. The summed E-state index contributed by atoms with van der Waals surface area (Å²) in [5, 5.41) is 9.44. The second-order valence-electron chi connectivity index (χ2n) is 4.88. The lowest BCUT2D eigenvalue weighted by Gasteiger charge is -2.13. The van der Waals surface area contributed by atoms with Gasteiger partial charge in [0, 0.05) is 11.8 Å². The molecular weight excluding hydrogens is 254 g/mol. The van der Waals surface area contributed by atoms with Crippen LogP contribution in [0.1, 0.15) is 29.7 Å². The van der Waals surface area contributed by atoms with Gasteiger partial charge >= 0.3 is 0 Å². The Kier molecular flexibility index (Phi) is 4.40. The number of ether oxygens (including phenoxy) is 1. The maximum absolute atomic E-state index is 11.9. The number of hydrogen-bond donors (Lipinski definition) is 2. The first-order valence-electron chi connectivity index (χ1n) is 6.54. The van der Waals surface area contributed by atoms with Gasteiger partial charge in [-0.1, -0.05) is 12.1 Å². The molecule has 0 radical (unpaired) electrons. The summed E-state index contributed by atoms with van der Waals surface area (Å²) in [6.07, 6.45) is 3.45. The molecule has 20 heavy (non-hydrogen) atoms. The van der Waals surface area contributed by atoms with E-state index in [1.165, 1.54) is 0 Å². The van der Waals surface area contributed by atoms with Crippen molar-refractivity contribution in [2.75, 3.05) is 6.61 Å². The molecule has 2 aromatic rings. The highest BCUT2D eigenvalue weighted by molar-refractivity contribution is 5.78. The van der Waals surface area contributed by atoms with Crippen LogP contribution in [-0.2, 0) is 4.79 Å². The van der Waals surface area contributed by atoms with Crippen molar-refractivity contribution >= 4 is 5.91 Å². The van der Waals surface area contributed by atoms with Crippen molar-refractivity contribution in [1.82, 2.24) is 15.5 Å². The van der Waals surface area contributed by atoms with Crippen LogP contribution in [-0.4, -0.2) is 22.7 Å². The molecule has 0 bridgehead atoms. The first-order chi connectivity index (χ1) is 9.56. The van der Waals surface area contributed by atoms with E-state index < -0.39 is 0 Å². The van der Waals surface area contributed by atoms with Gasteiger partial charge in [0.1, 0.15) is 5.75 Å². The second-order valence-corrected chi connectivity index (χ2v) is 4.88. The van der Waals surface area contributed by atoms with Crippen LogP contribution in [0.4, 0.5) is 0 Å². The fourth-order valence-electron chi connectivity index (χ4n) is 1.87. The molecular formula is C15H19N3O2. The number of aromatic nitrogens is 2. The SMILES string of the molecule is Cc1ccc(C)c(OCC(=O)NC(C)c2cn[nH]c2)c1. The molecule has 106 valence electrons. The zero-order valence-corrected chi connectivity index (χ0v) is 11.9. The van der Waals surface area contributed by atoms with Gasteiger partial charge in [-0.05, 0) is 38.0 Å². The molecule has 1 atom stereocenters. The Labute approximate surface area is 118 Å². The summed E-state index contributed by atoms with van der Waals surface area (Å²) in [5.41, 5.74) is 3.06. The standard InChI is InChI=1S/C15H19N3O2/c1-10-4-5-11(2)14(6-10)20-9-15(19)18-12(3)13-7-16-17-8-13/h4-8,12H,9H2,1-3H3,(H,16,17)(H,18,19). The van der Waals surface area contributed by atoms with Gasteiger partial charge in [-0.3, -0.25) is 9.89 Å². The van der Waals surface area contributed by atoms with E-state index in [1.54, 1.807) is 12.4 Å². The minimum absolute atomic E-state index is 0.00643. The van der Waals surface area contributed by atoms with Gasteiger partial charge in [0.15, 0.2) is 6.61 Å². The van der Waals surface area contributed by atoms with Gasteiger partial charge in [0.2, 0.25) is 0 Å². The molecule has 1 aromatic carbocycles. The summed E-state index contributed by atoms with van der Waals surface area (Å²) in [6, 6.07) is 5.84. The largest absolute Gasteiger partial charge is 0.483 e. The summed E-state index contributed by atoms with van der Waals surface area (Å²) in [5.74, 6) is 0.593. The van der Waals surface area contributed by atoms with E-state index in [2.05, 4.69) is 15.5 Å². The molecule has 5 nitrogen and oxygen atoms in total. The predicted octanol–water partition coefficient (Wildman–Crippen LogP) is 2.28. The Morgan fingerprint density at radius 2 is 2.25 bits per heavy atom. The lowest BCUT2D eigenvalue weighted by Crippen LogP contribution is -2.31. The number of carbonyl (C=O) groups excluding carboxylic acids is 1. The van der Waals surface area contributed by atoms with Crippen molar-refractivity contribution in [3.63, 3.8) is 0 Å². The van der Waals surface area contributed by atoms with Crippen LogP contribution in [0.15, 0.2) is 30.6 Å². The van der Waals surface area contributed by atoms with Crippen LogP contribution in [0.3, 0.4) is 0 Å². The van der Waals surface area contributed by atoms with Crippen molar-refractivity contribution in [3.05, 3.63) is 47.3 Å². The topological polar surface area (TPSA) is 67.0 Å². The molecule has 0 saturated heterocycles. The molecule has 1 aromatic heterocycles. The fraction of sp³-hybridized carbons (Fsp3) is 0.333. The third kappa shape index (κ3) is 3.60. The van der Waals surface area contributed by atoms with Crippen LogP contribution in [0, 0.1) is 13.8 Å². The zero-order valence-electron chi connectivity index (χ0n) is 11.9. The molecule has 0 aliphatic carbocycles. The number of benzene rings is 1. The molecule has 1 unspecified atom stereocenters. The molecule has 5 heteroatoms. The van der Waals surface area contributed by atoms with E-state index in [4.69, 9.17) is 4.74 Å². The lowest BCUT2D eigenvalue weighted by molar-refractivity contribution is -0.123. The van der Waals surface area contributed by atoms with Gasteiger partial charge in [0.05, 0.1) is 12.2 Å². The van der Waals surface area contributed by atoms with E-state index in [9.17, 15) is 4.79 Å². The van der Waals surface area contributed by atoms with Crippen molar-refractivity contribution in [2.24, 2.45) is 0 Å². The van der Waals surface area contributed by atoms with Crippen molar-refractivity contribution in [3.8, 4) is 5.75 Å². The highest BCUT2D eigenvalue weighted by atomic mass is 16.5. The van der Waals surface area contributed by atoms with Crippen LogP contribution in [0.2, 0.25) is 0 Å². The molecule has 0 aliphatic rings. The van der Waals surface area contributed by atoms with Crippen LogP contribution in [0.5, 0.6) is 5.75 Å². The number of amides is 1. The lowest BCUT2D eigenvalue weighted by atomic mass is 10.1. The minimum Gasteiger partial charge on any atom is -0.483 e. The number of nitrogens with one attached hydrogen (secondary N) is 2. The number of H-pyrrole nitrogens is 1. The summed E-state index contributed by atoms with van der Waals surface area (Å²) < 4.78 is 5.56. The third-order valence-electron chi connectivity index (χ3n) is 3.10. The summed E-state index contributed by atoms with van der Waals surface area (Å²) in [4.78, 5) is 11.9. The average molecular weight is 273 g/mol. The first kappa shape index (κ1) is 14.1. The Balaban J connectivity index is 1.87. The Hall–Kier alpha value is -2.30.